The number of piperidine rings is 2. The third-order valence-corrected chi connectivity index (χ3v) is 7.91. The number of halogens is 1. The van der Waals surface area contributed by atoms with Crippen LogP contribution in [0.2, 0.25) is 0 Å². The monoisotopic (exact) mass is 535 g/mol. The summed E-state index contributed by atoms with van der Waals surface area (Å²) in [4.78, 5) is 31.3. The molecular formula is C26H38FN5O6. The van der Waals surface area contributed by atoms with Gasteiger partial charge in [-0.15, -0.1) is 0 Å². The number of amides is 2. The number of carbonyl (C=O) groups excluding carboxylic acids is 2. The van der Waals surface area contributed by atoms with Gasteiger partial charge in [0, 0.05) is 32.7 Å². The smallest absolute Gasteiger partial charge is 0.262 e. The number of nitrogens with one attached hydrogen (secondary N) is 2. The molecule has 1 aromatic carbocycles. The fourth-order valence-corrected chi connectivity index (χ4v) is 5.70. The average Bonchev–Trinajstić information content (AvgIpc) is 3.15. The highest BCUT2D eigenvalue weighted by Gasteiger charge is 2.45. The highest BCUT2D eigenvalue weighted by molar-refractivity contribution is 6.22. The molecule has 4 aliphatic rings. The number of aliphatic hydroxyl groups is 2. The van der Waals surface area contributed by atoms with Crippen LogP contribution >= 0.6 is 0 Å². The summed E-state index contributed by atoms with van der Waals surface area (Å²) in [7, 11) is 0. The Balaban J connectivity index is 1.10. The van der Waals surface area contributed by atoms with Crippen molar-refractivity contribution < 1.29 is 33.7 Å². The number of anilines is 1. The van der Waals surface area contributed by atoms with Gasteiger partial charge >= 0.3 is 0 Å². The lowest BCUT2D eigenvalue weighted by atomic mass is 10.0. The number of ether oxygens (including phenoxy) is 2. The molecule has 0 spiro atoms. The van der Waals surface area contributed by atoms with Gasteiger partial charge in [-0.25, -0.2) is 4.39 Å². The molecule has 3 unspecified atom stereocenters. The molecule has 0 aromatic heterocycles. The Hall–Kier alpha value is -2.19. The van der Waals surface area contributed by atoms with Gasteiger partial charge in [0.05, 0.1) is 48.8 Å². The number of piperazine rings is 1. The van der Waals surface area contributed by atoms with Crippen molar-refractivity contribution in [2.45, 2.75) is 50.3 Å². The van der Waals surface area contributed by atoms with Crippen molar-refractivity contribution in [2.75, 3.05) is 70.5 Å². The summed E-state index contributed by atoms with van der Waals surface area (Å²) in [6.45, 7) is 7.21. The molecule has 4 heterocycles. The highest BCUT2D eigenvalue weighted by Crippen LogP contribution is 2.33. The van der Waals surface area contributed by atoms with E-state index in [9.17, 15) is 19.8 Å². The number of carbonyl (C=O) groups is 2. The Kier molecular flexibility index (Phi) is 8.88. The maximum absolute atomic E-state index is 15.1. The first kappa shape index (κ1) is 27.4. The second-order valence-corrected chi connectivity index (χ2v) is 10.4. The number of hydrogen-bond acceptors (Lipinski definition) is 10. The third-order valence-electron chi connectivity index (χ3n) is 7.91. The van der Waals surface area contributed by atoms with Crippen LogP contribution in [0.4, 0.5) is 10.1 Å². The maximum atomic E-state index is 15.1. The third kappa shape index (κ3) is 6.01. The molecule has 12 heteroatoms. The molecule has 210 valence electrons. The molecule has 2 amide bonds. The van der Waals surface area contributed by atoms with Gasteiger partial charge in [0.1, 0.15) is 18.3 Å². The zero-order valence-corrected chi connectivity index (χ0v) is 21.6. The topological polar surface area (TPSA) is 127 Å². The van der Waals surface area contributed by atoms with Crippen molar-refractivity contribution >= 4 is 17.5 Å². The van der Waals surface area contributed by atoms with Crippen molar-refractivity contribution in [3.05, 3.63) is 29.1 Å². The van der Waals surface area contributed by atoms with Crippen LogP contribution in [0, 0.1) is 5.82 Å². The number of rotatable bonds is 9. The Morgan fingerprint density at radius 2 is 1.63 bits per heavy atom. The van der Waals surface area contributed by atoms with Crippen LogP contribution in [0.25, 0.3) is 0 Å². The van der Waals surface area contributed by atoms with E-state index >= 15 is 4.39 Å². The van der Waals surface area contributed by atoms with E-state index in [2.05, 4.69) is 15.5 Å². The Labute approximate surface area is 221 Å². The Morgan fingerprint density at radius 3 is 2.34 bits per heavy atom. The molecule has 3 saturated heterocycles. The molecule has 0 aliphatic carbocycles. The molecule has 5 rings (SSSR count). The van der Waals surface area contributed by atoms with Crippen LogP contribution < -0.4 is 15.5 Å². The molecular weight excluding hydrogens is 497 g/mol. The van der Waals surface area contributed by atoms with Gasteiger partial charge in [-0.2, -0.15) is 0 Å². The van der Waals surface area contributed by atoms with Crippen LogP contribution in [-0.2, 0) is 9.47 Å². The Bertz CT molecular complexity index is 1000. The molecule has 0 bridgehead atoms. The van der Waals surface area contributed by atoms with E-state index in [0.717, 1.165) is 56.5 Å². The van der Waals surface area contributed by atoms with Crippen LogP contribution in [0.5, 0.6) is 0 Å². The fraction of sp³-hybridized carbons (Fsp3) is 0.692. The van der Waals surface area contributed by atoms with Gasteiger partial charge in [0.15, 0.2) is 0 Å². The predicted molar refractivity (Wildman–Crippen MR) is 136 cm³/mol. The quantitative estimate of drug-likeness (QED) is 0.248. The van der Waals surface area contributed by atoms with Gasteiger partial charge in [0.25, 0.3) is 11.8 Å². The van der Waals surface area contributed by atoms with Crippen molar-refractivity contribution in [3.8, 4) is 0 Å². The minimum absolute atomic E-state index is 0.00879. The zero-order valence-electron chi connectivity index (χ0n) is 21.6. The van der Waals surface area contributed by atoms with E-state index in [1.165, 1.54) is 6.07 Å². The van der Waals surface area contributed by atoms with Crippen molar-refractivity contribution in [1.29, 1.82) is 0 Å². The molecule has 4 aliphatic heterocycles. The second-order valence-electron chi connectivity index (χ2n) is 10.4. The molecule has 0 saturated carbocycles. The largest absolute Gasteiger partial charge is 0.379 e. The fourth-order valence-electron chi connectivity index (χ4n) is 5.70. The summed E-state index contributed by atoms with van der Waals surface area (Å²) >= 11 is 0. The lowest BCUT2D eigenvalue weighted by molar-refractivity contribution is -0.0413. The van der Waals surface area contributed by atoms with Crippen LogP contribution in [0.15, 0.2) is 12.1 Å². The highest BCUT2D eigenvalue weighted by atomic mass is 19.1. The van der Waals surface area contributed by atoms with E-state index in [-0.39, 0.29) is 24.0 Å². The first-order valence-electron chi connectivity index (χ1n) is 13.6. The number of aliphatic hydroxyl groups excluding tert-OH is 2. The summed E-state index contributed by atoms with van der Waals surface area (Å²) in [5.41, 5.74) is 0.456. The van der Waals surface area contributed by atoms with Crippen molar-refractivity contribution in [2.24, 2.45) is 0 Å². The summed E-state index contributed by atoms with van der Waals surface area (Å²) in [6, 6.07) is 1.78. The van der Waals surface area contributed by atoms with E-state index in [4.69, 9.17) is 9.47 Å². The molecule has 11 nitrogen and oxygen atoms in total. The van der Waals surface area contributed by atoms with Crippen LogP contribution in [-0.4, -0.2) is 122 Å². The Morgan fingerprint density at radius 1 is 0.921 bits per heavy atom. The lowest BCUT2D eigenvalue weighted by Gasteiger charge is -2.36. The number of nitrogens with zero attached hydrogens (tertiary/aromatic N) is 3. The minimum atomic E-state index is -1.25. The van der Waals surface area contributed by atoms with Gasteiger partial charge in [-0.1, -0.05) is 0 Å². The molecule has 1 aromatic rings. The van der Waals surface area contributed by atoms with E-state index in [1.807, 2.05) is 4.90 Å². The van der Waals surface area contributed by atoms with E-state index in [0.29, 0.717) is 44.7 Å². The summed E-state index contributed by atoms with van der Waals surface area (Å²) < 4.78 is 26.7. The first-order chi connectivity index (χ1) is 18.4. The van der Waals surface area contributed by atoms with Crippen molar-refractivity contribution in [1.82, 2.24) is 20.4 Å². The van der Waals surface area contributed by atoms with Gasteiger partial charge in [-0.3, -0.25) is 24.7 Å². The SMILES string of the molecule is O=C1c2cc(F)c(N3CCN(CCOCCOC4CCNCC4)CC3)cc2C(=O)N1C1CCC(O)NC1O. The molecule has 38 heavy (non-hydrogen) atoms. The van der Waals surface area contributed by atoms with E-state index < -0.39 is 36.1 Å². The summed E-state index contributed by atoms with van der Waals surface area (Å²) in [6.07, 6.45) is 0.819. The molecule has 4 N–H and O–H groups in total. The summed E-state index contributed by atoms with van der Waals surface area (Å²) in [5, 5.41) is 25.8. The molecule has 3 fully saturated rings. The number of fused-ring (bicyclic) bond motifs is 1. The minimum Gasteiger partial charge on any atom is -0.379 e. The number of hydrogen-bond donors (Lipinski definition) is 4. The van der Waals surface area contributed by atoms with Crippen LogP contribution in [0.1, 0.15) is 46.4 Å². The summed E-state index contributed by atoms with van der Waals surface area (Å²) in [5.74, 6) is -1.72. The van der Waals surface area contributed by atoms with Gasteiger partial charge < -0.3 is 29.9 Å². The normalized spacial score (nSPS) is 27.3. The van der Waals surface area contributed by atoms with Gasteiger partial charge in [-0.05, 0) is 50.9 Å². The lowest BCUT2D eigenvalue weighted by Crippen LogP contribution is -2.58. The van der Waals surface area contributed by atoms with Gasteiger partial charge in [0.2, 0.25) is 0 Å². The average molecular weight is 536 g/mol. The maximum Gasteiger partial charge on any atom is 0.262 e. The number of imide groups is 1. The number of benzene rings is 1. The standard InChI is InChI=1S/C26H38FN5O6/c27-20-15-18-19(26(36)32(25(18)35)21-1-2-23(33)29-24(21)34)16-22(20)31-9-7-30(8-10-31)11-12-37-13-14-38-17-3-5-28-6-4-17/h15-17,21,23-24,28-29,33-34H,1-14H2. The zero-order chi connectivity index (χ0) is 26.6. The van der Waals surface area contributed by atoms with Crippen molar-refractivity contribution in [3.63, 3.8) is 0 Å². The van der Waals surface area contributed by atoms with E-state index in [1.54, 1.807) is 0 Å². The van der Waals surface area contributed by atoms with Crippen LogP contribution in [0.3, 0.4) is 0 Å². The molecule has 0 radical (unpaired) electrons. The predicted octanol–water partition coefficient (Wildman–Crippen LogP) is -0.282. The second kappa shape index (κ2) is 12.3. The first-order valence-corrected chi connectivity index (χ1v) is 13.6. The molecule has 3 atom stereocenters.